The molecule has 0 aliphatic heterocycles. The lowest BCUT2D eigenvalue weighted by molar-refractivity contribution is 0.243. The highest BCUT2D eigenvalue weighted by Crippen LogP contribution is 2.31. The summed E-state index contributed by atoms with van der Waals surface area (Å²) in [4.78, 5) is 4.50. The van der Waals surface area contributed by atoms with E-state index in [4.69, 9.17) is 15.2 Å². The van der Waals surface area contributed by atoms with Crippen molar-refractivity contribution in [2.75, 3.05) is 5.73 Å². The smallest absolute Gasteiger partial charge is 0.148 e. The van der Waals surface area contributed by atoms with Crippen molar-refractivity contribution in [3.05, 3.63) is 41.7 Å². The highest BCUT2D eigenvalue weighted by molar-refractivity contribution is 5.56. The molecule has 0 bridgehead atoms. The third kappa shape index (κ3) is 3.88. The van der Waals surface area contributed by atoms with Gasteiger partial charge in [-0.05, 0) is 51.5 Å². The molecule has 0 amide bonds. The van der Waals surface area contributed by atoms with E-state index in [9.17, 15) is 0 Å². The normalized spacial score (nSPS) is 10.7. The molecule has 0 saturated carbocycles. The maximum atomic E-state index is 5.93. The summed E-state index contributed by atoms with van der Waals surface area (Å²) >= 11 is 0. The van der Waals surface area contributed by atoms with Crippen molar-refractivity contribution in [2.45, 2.75) is 40.2 Å². The Hall–Kier alpha value is -2.23. The molecule has 2 rings (SSSR count). The molecular formula is C17H22N2O2. The van der Waals surface area contributed by atoms with Gasteiger partial charge in [-0.25, -0.2) is 0 Å². The summed E-state index contributed by atoms with van der Waals surface area (Å²) in [5, 5.41) is 0. The molecule has 2 N–H and O–H groups in total. The lowest BCUT2D eigenvalue weighted by Crippen LogP contribution is -2.07. The molecule has 4 nitrogen and oxygen atoms in total. The summed E-state index contributed by atoms with van der Waals surface area (Å²) in [6.07, 6.45) is 0.885. The molecule has 0 fully saturated rings. The Morgan fingerprint density at radius 3 is 2.57 bits per heavy atom. The number of pyridine rings is 1. The van der Waals surface area contributed by atoms with Crippen LogP contribution in [0.1, 0.15) is 32.2 Å². The molecule has 112 valence electrons. The minimum atomic E-state index is 0.0646. The quantitative estimate of drug-likeness (QED) is 0.840. The van der Waals surface area contributed by atoms with Crippen molar-refractivity contribution >= 4 is 5.69 Å². The number of rotatable bonds is 5. The number of nitrogen functional groups attached to an aromatic ring is 1. The number of ether oxygens (including phenoxy) is 2. The Morgan fingerprint density at radius 1 is 1.14 bits per heavy atom. The number of aromatic nitrogens is 1. The summed E-state index contributed by atoms with van der Waals surface area (Å²) in [6.45, 7) is 7.96. The fourth-order valence-electron chi connectivity index (χ4n) is 2.01. The Labute approximate surface area is 125 Å². The summed E-state index contributed by atoms with van der Waals surface area (Å²) in [6, 6.07) is 9.33. The fraction of sp³-hybridized carbons (Fsp3) is 0.353. The maximum absolute atomic E-state index is 5.93. The van der Waals surface area contributed by atoms with Crippen molar-refractivity contribution in [1.82, 2.24) is 4.98 Å². The second-order valence-electron chi connectivity index (χ2n) is 5.22. The van der Waals surface area contributed by atoms with Gasteiger partial charge in [0, 0.05) is 11.8 Å². The molecule has 1 aromatic carbocycles. The summed E-state index contributed by atoms with van der Waals surface area (Å²) in [5.74, 6) is 2.10. The van der Waals surface area contributed by atoms with Gasteiger partial charge in [0.25, 0.3) is 0 Å². The third-order valence-corrected chi connectivity index (χ3v) is 2.98. The molecule has 0 saturated heterocycles. The van der Waals surface area contributed by atoms with E-state index in [1.165, 1.54) is 0 Å². The van der Waals surface area contributed by atoms with Crippen LogP contribution in [0.25, 0.3) is 0 Å². The first kappa shape index (κ1) is 15.2. The van der Waals surface area contributed by atoms with E-state index >= 15 is 0 Å². The average molecular weight is 286 g/mol. The minimum Gasteiger partial charge on any atom is -0.489 e. The molecule has 0 atom stereocenters. The number of nitrogens with zero attached hydrogens (tertiary/aromatic N) is 1. The van der Waals surface area contributed by atoms with Gasteiger partial charge in [-0.15, -0.1) is 0 Å². The molecule has 2 aromatic rings. The SMILES string of the molecule is CCc1nc(C)ccc1Oc1ccc(N)c(OC(C)C)c1. The van der Waals surface area contributed by atoms with Crippen LogP contribution in [-0.2, 0) is 6.42 Å². The van der Waals surface area contributed by atoms with Crippen LogP contribution < -0.4 is 15.2 Å². The van der Waals surface area contributed by atoms with Crippen LogP contribution in [-0.4, -0.2) is 11.1 Å². The van der Waals surface area contributed by atoms with Crippen LogP contribution in [0.5, 0.6) is 17.2 Å². The van der Waals surface area contributed by atoms with E-state index in [2.05, 4.69) is 11.9 Å². The van der Waals surface area contributed by atoms with E-state index in [-0.39, 0.29) is 6.10 Å². The van der Waals surface area contributed by atoms with Crippen LogP contribution in [0.4, 0.5) is 5.69 Å². The van der Waals surface area contributed by atoms with Gasteiger partial charge in [0.05, 0.1) is 17.5 Å². The lowest BCUT2D eigenvalue weighted by atomic mass is 10.2. The van der Waals surface area contributed by atoms with Crippen molar-refractivity contribution < 1.29 is 9.47 Å². The fourth-order valence-corrected chi connectivity index (χ4v) is 2.01. The molecule has 21 heavy (non-hydrogen) atoms. The summed E-state index contributed by atoms with van der Waals surface area (Å²) in [7, 11) is 0. The van der Waals surface area contributed by atoms with Crippen molar-refractivity contribution in [3.8, 4) is 17.2 Å². The van der Waals surface area contributed by atoms with E-state index < -0.39 is 0 Å². The number of hydrogen-bond donors (Lipinski definition) is 1. The highest BCUT2D eigenvalue weighted by atomic mass is 16.5. The van der Waals surface area contributed by atoms with E-state index in [1.807, 2.05) is 45.0 Å². The monoisotopic (exact) mass is 286 g/mol. The number of benzene rings is 1. The number of aryl methyl sites for hydroxylation is 2. The molecule has 1 heterocycles. The van der Waals surface area contributed by atoms with Gasteiger partial charge in [-0.2, -0.15) is 0 Å². The summed E-state index contributed by atoms with van der Waals surface area (Å²) in [5.41, 5.74) is 8.45. The molecule has 0 aliphatic rings. The van der Waals surface area contributed by atoms with Crippen molar-refractivity contribution in [3.63, 3.8) is 0 Å². The second kappa shape index (κ2) is 6.48. The molecule has 0 unspecified atom stereocenters. The number of anilines is 1. The van der Waals surface area contributed by atoms with Gasteiger partial charge in [0.2, 0.25) is 0 Å². The standard InChI is InChI=1S/C17H22N2O2/c1-5-15-16(9-6-12(4)19-15)21-13-7-8-14(18)17(10-13)20-11(2)3/h6-11H,5,18H2,1-4H3. The van der Waals surface area contributed by atoms with E-state index in [0.717, 1.165) is 23.6 Å². The minimum absolute atomic E-state index is 0.0646. The van der Waals surface area contributed by atoms with Gasteiger partial charge < -0.3 is 15.2 Å². The Balaban J connectivity index is 2.27. The van der Waals surface area contributed by atoms with Gasteiger partial charge >= 0.3 is 0 Å². The van der Waals surface area contributed by atoms with Gasteiger partial charge in [0.1, 0.15) is 17.2 Å². The van der Waals surface area contributed by atoms with Crippen molar-refractivity contribution in [1.29, 1.82) is 0 Å². The van der Waals surface area contributed by atoms with Crippen molar-refractivity contribution in [2.24, 2.45) is 0 Å². The van der Waals surface area contributed by atoms with Crippen LogP contribution in [0.3, 0.4) is 0 Å². The molecule has 0 aliphatic carbocycles. The third-order valence-electron chi connectivity index (χ3n) is 2.98. The largest absolute Gasteiger partial charge is 0.489 e. The Morgan fingerprint density at radius 2 is 1.90 bits per heavy atom. The average Bonchev–Trinajstić information content (AvgIpc) is 2.44. The highest BCUT2D eigenvalue weighted by Gasteiger charge is 2.09. The molecule has 1 aromatic heterocycles. The zero-order chi connectivity index (χ0) is 15.4. The zero-order valence-corrected chi connectivity index (χ0v) is 13.0. The molecule has 0 spiro atoms. The predicted molar refractivity (Wildman–Crippen MR) is 85.0 cm³/mol. The summed E-state index contributed by atoms with van der Waals surface area (Å²) < 4.78 is 11.6. The first-order chi connectivity index (χ1) is 9.99. The first-order valence-corrected chi connectivity index (χ1v) is 7.20. The number of hydrogen-bond acceptors (Lipinski definition) is 4. The molecular weight excluding hydrogens is 264 g/mol. The van der Waals surface area contributed by atoms with Crippen LogP contribution in [0, 0.1) is 6.92 Å². The van der Waals surface area contributed by atoms with Crippen LogP contribution in [0.2, 0.25) is 0 Å². The van der Waals surface area contributed by atoms with E-state index in [0.29, 0.717) is 17.2 Å². The number of nitrogens with two attached hydrogens (primary N) is 1. The van der Waals surface area contributed by atoms with Gasteiger partial charge in [0.15, 0.2) is 0 Å². The van der Waals surface area contributed by atoms with Gasteiger partial charge in [-0.3, -0.25) is 4.98 Å². The molecule has 4 heteroatoms. The Bertz CT molecular complexity index is 624. The molecule has 0 radical (unpaired) electrons. The van der Waals surface area contributed by atoms with Crippen LogP contribution in [0.15, 0.2) is 30.3 Å². The van der Waals surface area contributed by atoms with E-state index in [1.54, 1.807) is 6.07 Å². The zero-order valence-electron chi connectivity index (χ0n) is 13.0. The maximum Gasteiger partial charge on any atom is 0.148 e. The first-order valence-electron chi connectivity index (χ1n) is 7.20. The predicted octanol–water partition coefficient (Wildman–Crippen LogP) is 4.11. The Kier molecular flexibility index (Phi) is 4.68. The topological polar surface area (TPSA) is 57.4 Å². The lowest BCUT2D eigenvalue weighted by Gasteiger charge is -2.15. The van der Waals surface area contributed by atoms with Gasteiger partial charge in [-0.1, -0.05) is 6.92 Å². The second-order valence-corrected chi connectivity index (χ2v) is 5.22. The van der Waals surface area contributed by atoms with Crippen LogP contribution >= 0.6 is 0 Å².